The molecule has 4 aromatic carbocycles. The number of hydrogen-bond acceptors (Lipinski definition) is 4. The van der Waals surface area contributed by atoms with Crippen molar-refractivity contribution in [2.45, 2.75) is 62.0 Å². The van der Waals surface area contributed by atoms with Gasteiger partial charge in [0.2, 0.25) is 11.8 Å². The second kappa shape index (κ2) is 15.8. The van der Waals surface area contributed by atoms with E-state index in [4.69, 9.17) is 11.6 Å². The molecule has 0 unspecified atom stereocenters. The average Bonchev–Trinajstić information content (AvgIpc) is 3.07. The molecule has 1 atom stereocenters. The van der Waals surface area contributed by atoms with Gasteiger partial charge < -0.3 is 10.2 Å². The van der Waals surface area contributed by atoms with Crippen molar-refractivity contribution in [2.75, 3.05) is 10.8 Å². The van der Waals surface area contributed by atoms with E-state index in [0.717, 1.165) is 52.0 Å². The largest absolute Gasteiger partial charge is 0.352 e. The van der Waals surface area contributed by atoms with Crippen LogP contribution in [0.2, 0.25) is 5.02 Å². The van der Waals surface area contributed by atoms with Gasteiger partial charge in [0.05, 0.1) is 10.6 Å². The van der Waals surface area contributed by atoms with Crippen molar-refractivity contribution in [3.63, 3.8) is 0 Å². The normalized spacial score (nSPS) is 14.3. The maximum absolute atomic E-state index is 14.6. The second-order valence-corrected chi connectivity index (χ2v) is 14.7. The third-order valence-electron chi connectivity index (χ3n) is 8.21. The van der Waals surface area contributed by atoms with Crippen LogP contribution in [0.4, 0.5) is 5.69 Å². The summed E-state index contributed by atoms with van der Waals surface area (Å²) in [5.74, 6) is -0.739. The number of nitrogens with one attached hydrogen (secondary N) is 1. The molecule has 10 heteroatoms. The van der Waals surface area contributed by atoms with Crippen molar-refractivity contribution in [2.24, 2.45) is 0 Å². The molecular formula is C36H37BrClN3O4S. The zero-order valence-electron chi connectivity index (χ0n) is 25.4. The Bertz CT molecular complexity index is 1700. The molecule has 1 fully saturated rings. The standard InChI is InChI=1S/C36H37BrClN3O4S/c37-29-18-16-28(17-19-29)25-40(34(24-27-10-4-1-5-11-27)36(43)39-31-12-6-2-7-13-31)35(42)26-41(32-14-8-3-9-15-32)46(44,45)33-22-20-30(38)21-23-33/h1,3-5,8-11,14-23,31,34H,2,6-7,12-13,24-26H2,(H,39,43)/t34-/m1/s1. The van der Waals surface area contributed by atoms with Gasteiger partial charge in [0.15, 0.2) is 0 Å². The van der Waals surface area contributed by atoms with Gasteiger partial charge in [0.25, 0.3) is 10.0 Å². The van der Waals surface area contributed by atoms with Crippen LogP contribution in [-0.4, -0.2) is 43.8 Å². The van der Waals surface area contributed by atoms with Crippen LogP contribution in [0.15, 0.2) is 119 Å². The highest BCUT2D eigenvalue weighted by Crippen LogP contribution is 2.26. The fourth-order valence-corrected chi connectivity index (χ4v) is 7.55. The van der Waals surface area contributed by atoms with E-state index in [1.807, 2.05) is 54.6 Å². The number of hydrogen-bond donors (Lipinski definition) is 1. The van der Waals surface area contributed by atoms with Crippen LogP contribution in [0.3, 0.4) is 0 Å². The van der Waals surface area contributed by atoms with Crippen molar-refractivity contribution in [1.29, 1.82) is 0 Å². The van der Waals surface area contributed by atoms with Crippen molar-refractivity contribution in [1.82, 2.24) is 10.2 Å². The fourth-order valence-electron chi connectivity index (χ4n) is 5.74. The summed E-state index contributed by atoms with van der Waals surface area (Å²) < 4.78 is 30.2. The third kappa shape index (κ3) is 8.78. The van der Waals surface area contributed by atoms with E-state index in [0.29, 0.717) is 10.7 Å². The van der Waals surface area contributed by atoms with Crippen LogP contribution in [0.1, 0.15) is 43.2 Å². The quantitative estimate of drug-likeness (QED) is 0.165. The number of carbonyl (C=O) groups excluding carboxylic acids is 2. The zero-order valence-corrected chi connectivity index (χ0v) is 28.6. The van der Waals surface area contributed by atoms with Crippen molar-refractivity contribution in [3.05, 3.63) is 130 Å². The Hall–Kier alpha value is -3.66. The van der Waals surface area contributed by atoms with E-state index in [-0.39, 0.29) is 29.8 Å². The monoisotopic (exact) mass is 721 g/mol. The molecule has 1 aliphatic rings. The number of sulfonamides is 1. The molecule has 0 aliphatic heterocycles. The molecule has 0 spiro atoms. The zero-order chi connectivity index (χ0) is 32.5. The number of benzene rings is 4. The molecule has 0 radical (unpaired) electrons. The number of para-hydroxylation sites is 1. The number of nitrogens with zero attached hydrogens (tertiary/aromatic N) is 2. The highest BCUT2D eigenvalue weighted by molar-refractivity contribution is 9.10. The molecule has 1 N–H and O–H groups in total. The molecule has 1 saturated carbocycles. The van der Waals surface area contributed by atoms with Gasteiger partial charge in [-0.1, -0.05) is 107 Å². The maximum atomic E-state index is 14.6. The summed E-state index contributed by atoms with van der Waals surface area (Å²) in [6.07, 6.45) is 5.30. The topological polar surface area (TPSA) is 86.8 Å². The Balaban J connectivity index is 1.54. The van der Waals surface area contributed by atoms with Gasteiger partial charge in [-0.05, 0) is 72.5 Å². The number of carbonyl (C=O) groups is 2. The Morgan fingerprint density at radius 3 is 2.04 bits per heavy atom. The summed E-state index contributed by atoms with van der Waals surface area (Å²) in [4.78, 5) is 30.3. The van der Waals surface area contributed by atoms with Crippen LogP contribution >= 0.6 is 27.5 Å². The number of halogens is 2. The van der Waals surface area contributed by atoms with Gasteiger partial charge in [0.1, 0.15) is 12.6 Å². The molecule has 240 valence electrons. The van der Waals surface area contributed by atoms with E-state index in [9.17, 15) is 18.0 Å². The third-order valence-corrected chi connectivity index (χ3v) is 10.8. The molecule has 0 aromatic heterocycles. The number of anilines is 1. The lowest BCUT2D eigenvalue weighted by Crippen LogP contribution is -2.55. The molecule has 1 aliphatic carbocycles. The van der Waals surface area contributed by atoms with Crippen molar-refractivity contribution < 1.29 is 18.0 Å². The predicted octanol–water partition coefficient (Wildman–Crippen LogP) is 7.39. The Labute approximate surface area is 284 Å². The first kappa shape index (κ1) is 33.7. The summed E-state index contributed by atoms with van der Waals surface area (Å²) in [5.41, 5.74) is 2.04. The van der Waals surface area contributed by atoms with Gasteiger partial charge in [-0.25, -0.2) is 8.42 Å². The lowest BCUT2D eigenvalue weighted by Gasteiger charge is -2.35. The van der Waals surface area contributed by atoms with Gasteiger partial charge in [0, 0.05) is 28.5 Å². The first-order valence-electron chi connectivity index (χ1n) is 15.4. The first-order chi connectivity index (χ1) is 22.2. The molecule has 0 saturated heterocycles. The highest BCUT2D eigenvalue weighted by atomic mass is 79.9. The summed E-state index contributed by atoms with van der Waals surface area (Å²) >= 11 is 9.53. The minimum Gasteiger partial charge on any atom is -0.352 e. The van der Waals surface area contributed by atoms with Crippen molar-refractivity contribution >= 4 is 55.1 Å². The van der Waals surface area contributed by atoms with Gasteiger partial charge in [-0.3, -0.25) is 13.9 Å². The lowest BCUT2D eigenvalue weighted by atomic mass is 9.94. The SMILES string of the molecule is O=C(NC1CCCCC1)[C@@H](Cc1ccccc1)N(Cc1ccc(Br)cc1)C(=O)CN(c1ccccc1)S(=O)(=O)c1ccc(Cl)cc1. The van der Waals surface area contributed by atoms with Gasteiger partial charge in [-0.2, -0.15) is 0 Å². The van der Waals surface area contributed by atoms with E-state index < -0.39 is 28.5 Å². The van der Waals surface area contributed by atoms with E-state index in [2.05, 4.69) is 21.2 Å². The fraction of sp³-hybridized carbons (Fsp3) is 0.278. The summed E-state index contributed by atoms with van der Waals surface area (Å²) in [6.45, 7) is -0.390. The van der Waals surface area contributed by atoms with Crippen LogP contribution in [0.5, 0.6) is 0 Å². The maximum Gasteiger partial charge on any atom is 0.264 e. The number of amides is 2. The Kier molecular flexibility index (Phi) is 11.5. The first-order valence-corrected chi connectivity index (χ1v) is 18.0. The minimum atomic E-state index is -4.19. The van der Waals surface area contributed by atoms with E-state index in [1.165, 1.54) is 29.2 Å². The molecule has 4 aromatic rings. The van der Waals surface area contributed by atoms with E-state index in [1.54, 1.807) is 30.3 Å². The van der Waals surface area contributed by atoms with Gasteiger partial charge >= 0.3 is 0 Å². The average molecular weight is 723 g/mol. The number of rotatable bonds is 12. The molecule has 0 heterocycles. The lowest BCUT2D eigenvalue weighted by molar-refractivity contribution is -0.140. The Morgan fingerprint density at radius 1 is 0.804 bits per heavy atom. The summed E-state index contributed by atoms with van der Waals surface area (Å²) in [5, 5.41) is 3.63. The molecule has 2 amide bonds. The second-order valence-electron chi connectivity index (χ2n) is 11.5. The highest BCUT2D eigenvalue weighted by Gasteiger charge is 2.35. The summed E-state index contributed by atoms with van der Waals surface area (Å²) in [6, 6.07) is 30.7. The predicted molar refractivity (Wildman–Crippen MR) is 186 cm³/mol. The molecule has 5 rings (SSSR count). The van der Waals surface area contributed by atoms with Gasteiger partial charge in [-0.15, -0.1) is 0 Å². The molecule has 7 nitrogen and oxygen atoms in total. The minimum absolute atomic E-state index is 0.00360. The summed E-state index contributed by atoms with van der Waals surface area (Å²) in [7, 11) is -4.19. The Morgan fingerprint density at radius 2 is 1.41 bits per heavy atom. The van der Waals surface area contributed by atoms with E-state index >= 15 is 0 Å². The smallest absolute Gasteiger partial charge is 0.264 e. The van der Waals surface area contributed by atoms with Crippen LogP contribution in [0, 0.1) is 0 Å². The van der Waals surface area contributed by atoms with Crippen LogP contribution in [-0.2, 0) is 32.6 Å². The van der Waals surface area contributed by atoms with Crippen molar-refractivity contribution in [3.8, 4) is 0 Å². The molecular weight excluding hydrogens is 686 g/mol. The molecule has 0 bridgehead atoms. The molecule has 46 heavy (non-hydrogen) atoms. The van der Waals surface area contributed by atoms with Crippen LogP contribution in [0.25, 0.3) is 0 Å². The van der Waals surface area contributed by atoms with Crippen LogP contribution < -0.4 is 9.62 Å².